The van der Waals surface area contributed by atoms with Crippen LogP contribution in [-0.4, -0.2) is 45.9 Å². The van der Waals surface area contributed by atoms with Crippen LogP contribution in [0, 0.1) is 0 Å². The van der Waals surface area contributed by atoms with Gasteiger partial charge < -0.3 is 10.2 Å². The minimum Gasteiger partial charge on any atom is -0.349 e. The number of carbonyl (C=O) groups excluding carboxylic acids is 1. The molecule has 1 heterocycles. The molecule has 6 nitrogen and oxygen atoms in total. The van der Waals surface area contributed by atoms with Gasteiger partial charge in [-0.2, -0.15) is 0 Å². The summed E-state index contributed by atoms with van der Waals surface area (Å²) in [5.74, 6) is 0.109. The molecule has 0 unspecified atom stereocenters. The Morgan fingerprint density at radius 2 is 2.35 bits per heavy atom. The Bertz CT molecular complexity index is 383. The molecule has 1 N–H and O–H groups in total. The summed E-state index contributed by atoms with van der Waals surface area (Å²) in [7, 11) is 3.52. The van der Waals surface area contributed by atoms with Gasteiger partial charge in [-0.05, 0) is 12.8 Å². The Balaban J connectivity index is 1.74. The lowest BCUT2D eigenvalue weighted by Crippen LogP contribution is -2.23. The van der Waals surface area contributed by atoms with Crippen LogP contribution in [0.4, 0.5) is 0 Å². The summed E-state index contributed by atoms with van der Waals surface area (Å²) in [5, 5.41) is 11.4. The number of hydrogen-bond donors (Lipinski definition) is 1. The summed E-state index contributed by atoms with van der Waals surface area (Å²) in [5.41, 5.74) is 0.939. The highest BCUT2D eigenvalue weighted by Crippen LogP contribution is 2.18. The van der Waals surface area contributed by atoms with Crippen LogP contribution in [-0.2, 0) is 17.9 Å². The minimum absolute atomic E-state index is 0.109. The highest BCUT2D eigenvalue weighted by Gasteiger charge is 2.20. The lowest BCUT2D eigenvalue weighted by atomic mass is 10.4. The summed E-state index contributed by atoms with van der Waals surface area (Å²) >= 11 is 0. The monoisotopic (exact) mass is 237 g/mol. The summed E-state index contributed by atoms with van der Waals surface area (Å²) < 4.78 is 1.73. The van der Waals surface area contributed by atoms with Crippen molar-refractivity contribution in [2.24, 2.45) is 0 Å². The number of hydrogen-bond acceptors (Lipinski definition) is 4. The molecule has 1 aliphatic rings. The maximum absolute atomic E-state index is 11.4. The fraction of sp³-hybridized carbons (Fsp3) is 0.727. The number of nitrogens with one attached hydrogen (secondary N) is 1. The van der Waals surface area contributed by atoms with E-state index < -0.39 is 0 Å². The van der Waals surface area contributed by atoms with E-state index in [-0.39, 0.29) is 5.91 Å². The molecule has 1 saturated carbocycles. The van der Waals surface area contributed by atoms with Crippen LogP contribution < -0.4 is 5.32 Å². The molecule has 1 aliphatic carbocycles. The van der Waals surface area contributed by atoms with Crippen molar-refractivity contribution in [1.82, 2.24) is 25.2 Å². The van der Waals surface area contributed by atoms with Crippen LogP contribution in [0.25, 0.3) is 0 Å². The topological polar surface area (TPSA) is 63.1 Å². The fourth-order valence-electron chi connectivity index (χ4n) is 1.50. The van der Waals surface area contributed by atoms with E-state index in [0.717, 1.165) is 12.2 Å². The largest absolute Gasteiger partial charge is 0.349 e. The first-order chi connectivity index (χ1) is 8.15. The highest BCUT2D eigenvalue weighted by atomic mass is 16.2. The molecule has 1 fully saturated rings. The quantitative estimate of drug-likeness (QED) is 0.757. The molecule has 94 valence electrons. The molecule has 1 aromatic heterocycles. The molecule has 6 heteroatoms. The van der Waals surface area contributed by atoms with Crippen LogP contribution in [0.1, 0.15) is 25.0 Å². The van der Waals surface area contributed by atoms with Gasteiger partial charge >= 0.3 is 0 Å². The molecule has 0 aliphatic heterocycles. The Labute approximate surface area is 101 Å². The lowest BCUT2D eigenvalue weighted by molar-refractivity contribution is -0.128. The molecular formula is C11H19N5O. The van der Waals surface area contributed by atoms with E-state index in [1.807, 2.05) is 6.20 Å². The molecule has 0 radical (unpaired) electrons. The summed E-state index contributed by atoms with van der Waals surface area (Å²) in [6.45, 7) is 1.36. The lowest BCUT2D eigenvalue weighted by Gasteiger charge is -2.09. The zero-order valence-electron chi connectivity index (χ0n) is 10.4. The third kappa shape index (κ3) is 3.81. The van der Waals surface area contributed by atoms with Gasteiger partial charge in [0, 0.05) is 39.3 Å². The van der Waals surface area contributed by atoms with Crippen molar-refractivity contribution in [2.75, 3.05) is 14.1 Å². The molecule has 2 rings (SSSR count). The van der Waals surface area contributed by atoms with Crippen molar-refractivity contribution >= 4 is 5.91 Å². The molecule has 1 amide bonds. The van der Waals surface area contributed by atoms with Crippen LogP contribution in [0.3, 0.4) is 0 Å². The third-order valence-electron chi connectivity index (χ3n) is 2.79. The number of aromatic nitrogens is 3. The minimum atomic E-state index is 0.109. The second-order valence-corrected chi connectivity index (χ2v) is 4.67. The smallest absolute Gasteiger partial charge is 0.223 e. The average molecular weight is 237 g/mol. The van der Waals surface area contributed by atoms with Crippen molar-refractivity contribution in [3.8, 4) is 0 Å². The van der Waals surface area contributed by atoms with Crippen LogP contribution in [0.15, 0.2) is 6.20 Å². The van der Waals surface area contributed by atoms with Crippen LogP contribution >= 0.6 is 0 Å². The summed E-state index contributed by atoms with van der Waals surface area (Å²) in [6.07, 6.45) is 4.90. The van der Waals surface area contributed by atoms with Gasteiger partial charge in [-0.15, -0.1) is 5.10 Å². The molecule has 0 aromatic carbocycles. The molecule has 0 bridgehead atoms. The standard InChI is InChI=1S/C11H19N5O/c1-15(2)11(17)5-6-16-8-10(13-14-16)7-12-9-3-4-9/h8-9,12H,3-7H2,1-2H3. The summed E-state index contributed by atoms with van der Waals surface area (Å²) in [6, 6.07) is 0.676. The number of amides is 1. The van der Waals surface area contributed by atoms with E-state index >= 15 is 0 Å². The molecule has 0 atom stereocenters. The van der Waals surface area contributed by atoms with E-state index in [4.69, 9.17) is 0 Å². The van der Waals surface area contributed by atoms with Crippen molar-refractivity contribution in [1.29, 1.82) is 0 Å². The van der Waals surface area contributed by atoms with Crippen LogP contribution in [0.5, 0.6) is 0 Å². The van der Waals surface area contributed by atoms with E-state index in [1.54, 1.807) is 23.7 Å². The highest BCUT2D eigenvalue weighted by molar-refractivity contribution is 5.75. The maximum Gasteiger partial charge on any atom is 0.223 e. The first kappa shape index (κ1) is 12.0. The van der Waals surface area contributed by atoms with Crippen molar-refractivity contribution in [3.63, 3.8) is 0 Å². The SMILES string of the molecule is CN(C)C(=O)CCn1cc(CNC2CC2)nn1. The van der Waals surface area contributed by atoms with E-state index in [1.165, 1.54) is 12.8 Å². The number of rotatable bonds is 6. The van der Waals surface area contributed by atoms with Gasteiger partial charge in [0.15, 0.2) is 0 Å². The van der Waals surface area contributed by atoms with Gasteiger partial charge in [0.05, 0.1) is 12.2 Å². The van der Waals surface area contributed by atoms with E-state index in [0.29, 0.717) is 19.0 Å². The van der Waals surface area contributed by atoms with Gasteiger partial charge in [0.25, 0.3) is 0 Å². The van der Waals surface area contributed by atoms with Crippen molar-refractivity contribution in [2.45, 2.75) is 38.4 Å². The maximum atomic E-state index is 11.4. The van der Waals surface area contributed by atoms with E-state index in [2.05, 4.69) is 15.6 Å². The second kappa shape index (κ2) is 5.27. The predicted octanol–water partition coefficient (Wildman–Crippen LogP) is 0.00840. The van der Waals surface area contributed by atoms with Gasteiger partial charge in [0.2, 0.25) is 5.91 Å². The number of nitrogens with zero attached hydrogens (tertiary/aromatic N) is 4. The van der Waals surface area contributed by atoms with Gasteiger partial charge in [-0.3, -0.25) is 9.48 Å². The molecule has 0 spiro atoms. The first-order valence-corrected chi connectivity index (χ1v) is 5.97. The van der Waals surface area contributed by atoms with Crippen molar-refractivity contribution in [3.05, 3.63) is 11.9 Å². The molecular weight excluding hydrogens is 218 g/mol. The Morgan fingerprint density at radius 3 is 3.00 bits per heavy atom. The zero-order chi connectivity index (χ0) is 12.3. The zero-order valence-corrected chi connectivity index (χ0v) is 10.4. The number of aryl methyl sites for hydroxylation is 1. The normalized spacial score (nSPS) is 14.9. The van der Waals surface area contributed by atoms with Gasteiger partial charge in [-0.25, -0.2) is 0 Å². The Kier molecular flexibility index (Phi) is 3.73. The third-order valence-corrected chi connectivity index (χ3v) is 2.79. The molecule has 1 aromatic rings. The molecule has 17 heavy (non-hydrogen) atoms. The number of carbonyl (C=O) groups is 1. The fourth-order valence-corrected chi connectivity index (χ4v) is 1.50. The Morgan fingerprint density at radius 1 is 1.59 bits per heavy atom. The summed E-state index contributed by atoms with van der Waals surface area (Å²) in [4.78, 5) is 13.0. The van der Waals surface area contributed by atoms with E-state index in [9.17, 15) is 4.79 Å². The first-order valence-electron chi connectivity index (χ1n) is 5.97. The second-order valence-electron chi connectivity index (χ2n) is 4.67. The molecule has 0 saturated heterocycles. The van der Waals surface area contributed by atoms with Crippen molar-refractivity contribution < 1.29 is 4.79 Å². The Hall–Kier alpha value is -1.43. The van der Waals surface area contributed by atoms with Gasteiger partial charge in [0.1, 0.15) is 0 Å². The van der Waals surface area contributed by atoms with Crippen LogP contribution in [0.2, 0.25) is 0 Å². The average Bonchev–Trinajstić information content (AvgIpc) is 3.02. The van der Waals surface area contributed by atoms with Gasteiger partial charge in [-0.1, -0.05) is 5.21 Å². The predicted molar refractivity (Wildman–Crippen MR) is 63.2 cm³/mol.